The molecule has 3 heteroatoms. The molecule has 0 heterocycles. The zero-order valence-electron chi connectivity index (χ0n) is 4.63. The summed E-state index contributed by atoms with van der Waals surface area (Å²) in [6.07, 6.45) is 1.52. The number of carbonyl (C=O) groups excluding carboxylic acids is 1. The van der Waals surface area contributed by atoms with Crippen LogP contribution in [0.4, 0.5) is 0 Å². The van der Waals surface area contributed by atoms with Crippen LogP contribution in [0.15, 0.2) is 11.5 Å². The number of hydrogen-bond acceptors (Lipinski definition) is 3. The molecule has 0 aromatic carbocycles. The van der Waals surface area contributed by atoms with Gasteiger partial charge >= 0.3 is 0 Å². The first kappa shape index (κ1) is 7.72. The van der Waals surface area contributed by atoms with Gasteiger partial charge in [-0.2, -0.15) is 0 Å². The van der Waals surface area contributed by atoms with Gasteiger partial charge in [-0.3, -0.25) is 4.79 Å². The first-order chi connectivity index (χ1) is 3.77. The molecule has 0 aliphatic carbocycles. The van der Waals surface area contributed by atoms with Crippen molar-refractivity contribution in [1.82, 2.24) is 0 Å². The van der Waals surface area contributed by atoms with E-state index in [4.69, 9.17) is 5.11 Å². The summed E-state index contributed by atoms with van der Waals surface area (Å²) in [6, 6.07) is 0. The maximum absolute atomic E-state index is 10.1. The lowest BCUT2D eigenvalue weighted by molar-refractivity contribution is -0.109. The smallest absolute Gasteiger partial charge is 0.190 e. The van der Waals surface area contributed by atoms with Crippen LogP contribution in [0.5, 0.6) is 0 Å². The molecule has 0 atom stereocenters. The number of rotatable bonds is 2. The van der Waals surface area contributed by atoms with Gasteiger partial charge in [0.05, 0.1) is 6.61 Å². The van der Waals surface area contributed by atoms with Gasteiger partial charge in [0.1, 0.15) is 0 Å². The van der Waals surface area contributed by atoms with Crippen molar-refractivity contribution >= 4 is 16.9 Å². The molecular weight excluding hydrogens is 124 g/mol. The minimum atomic E-state index is 0.000278. The topological polar surface area (TPSA) is 37.3 Å². The van der Waals surface area contributed by atoms with Crippen LogP contribution in [0.25, 0.3) is 0 Å². The van der Waals surface area contributed by atoms with E-state index in [1.165, 1.54) is 13.0 Å². The Hall–Kier alpha value is -0.280. The fourth-order valence-electron chi connectivity index (χ4n) is 0.187. The normalized spacial score (nSPS) is 10.2. The Balaban J connectivity index is 3.16. The van der Waals surface area contributed by atoms with E-state index < -0.39 is 0 Å². The molecule has 2 nitrogen and oxygen atoms in total. The summed E-state index contributed by atoms with van der Waals surface area (Å²) >= 11 is 1.08. The molecule has 1 N–H and O–H groups in total. The first-order valence-electron chi connectivity index (χ1n) is 2.20. The van der Waals surface area contributed by atoms with Crippen molar-refractivity contribution in [3.05, 3.63) is 11.5 Å². The van der Waals surface area contributed by atoms with Crippen LogP contribution < -0.4 is 0 Å². The van der Waals surface area contributed by atoms with Crippen LogP contribution in [0.2, 0.25) is 0 Å². The third-order valence-corrected chi connectivity index (χ3v) is 1.10. The van der Waals surface area contributed by atoms with Crippen molar-refractivity contribution < 1.29 is 9.90 Å². The van der Waals surface area contributed by atoms with Gasteiger partial charge in [-0.15, -0.1) is 0 Å². The fraction of sp³-hybridized carbons (Fsp3) is 0.400. The molecule has 0 rings (SSSR count). The molecule has 0 aliphatic rings. The first-order valence-corrected chi connectivity index (χ1v) is 3.08. The van der Waals surface area contributed by atoms with Crippen molar-refractivity contribution in [2.45, 2.75) is 6.92 Å². The van der Waals surface area contributed by atoms with Crippen LogP contribution in [0, 0.1) is 0 Å². The Morgan fingerprint density at radius 3 is 2.88 bits per heavy atom. The number of hydrogen-bond donors (Lipinski definition) is 1. The molecule has 0 unspecified atom stereocenters. The van der Waals surface area contributed by atoms with Crippen molar-refractivity contribution in [1.29, 1.82) is 0 Å². The molecule has 0 aromatic rings. The lowest BCUT2D eigenvalue weighted by Gasteiger charge is -1.80. The van der Waals surface area contributed by atoms with E-state index in [2.05, 4.69) is 0 Å². The number of thioether (sulfide) groups is 1. The van der Waals surface area contributed by atoms with Crippen LogP contribution >= 0.6 is 11.8 Å². The highest BCUT2D eigenvalue weighted by molar-refractivity contribution is 8.16. The van der Waals surface area contributed by atoms with E-state index in [9.17, 15) is 4.79 Å². The number of aliphatic hydroxyl groups is 1. The molecular formula is C5H8O2S. The van der Waals surface area contributed by atoms with Crippen LogP contribution in [-0.2, 0) is 4.79 Å². The molecule has 0 saturated carbocycles. The molecule has 0 saturated heterocycles. The third kappa shape index (κ3) is 5.72. The molecule has 8 heavy (non-hydrogen) atoms. The zero-order chi connectivity index (χ0) is 6.41. The molecule has 0 bridgehead atoms. The number of aliphatic hydroxyl groups excluding tert-OH is 1. The van der Waals surface area contributed by atoms with Gasteiger partial charge in [0.25, 0.3) is 0 Å². The van der Waals surface area contributed by atoms with Crippen molar-refractivity contribution in [3.63, 3.8) is 0 Å². The molecule has 46 valence electrons. The molecule has 0 radical (unpaired) electrons. The monoisotopic (exact) mass is 132 g/mol. The Kier molecular flexibility index (Phi) is 4.70. The number of carbonyl (C=O) groups is 1. The van der Waals surface area contributed by atoms with Gasteiger partial charge < -0.3 is 5.11 Å². The zero-order valence-corrected chi connectivity index (χ0v) is 5.44. The van der Waals surface area contributed by atoms with Gasteiger partial charge in [-0.25, -0.2) is 0 Å². The summed E-state index contributed by atoms with van der Waals surface area (Å²) in [5.74, 6) is 0. The molecule has 0 aliphatic heterocycles. The van der Waals surface area contributed by atoms with Crippen molar-refractivity contribution in [2.24, 2.45) is 0 Å². The van der Waals surface area contributed by atoms with Gasteiger partial charge in [-0.05, 0) is 5.41 Å². The average Bonchev–Trinajstić information content (AvgIpc) is 1.66. The average molecular weight is 132 g/mol. The lowest BCUT2D eigenvalue weighted by Crippen LogP contribution is -1.75. The van der Waals surface area contributed by atoms with Crippen LogP contribution in [0.3, 0.4) is 0 Å². The van der Waals surface area contributed by atoms with Crippen molar-refractivity contribution in [3.8, 4) is 0 Å². The molecule has 0 fully saturated rings. The second-order valence-electron chi connectivity index (χ2n) is 1.16. The summed E-state index contributed by atoms with van der Waals surface area (Å²) in [7, 11) is 0. The predicted octanol–water partition coefficient (Wildman–Crippen LogP) is 0.772. The summed E-state index contributed by atoms with van der Waals surface area (Å²) in [5.41, 5.74) is 0. The highest BCUT2D eigenvalue weighted by atomic mass is 32.2. The van der Waals surface area contributed by atoms with Crippen LogP contribution in [-0.4, -0.2) is 16.8 Å². The minimum Gasteiger partial charge on any atom is -0.392 e. The highest BCUT2D eigenvalue weighted by Gasteiger charge is 1.83. The molecule has 0 aromatic heterocycles. The van der Waals surface area contributed by atoms with Gasteiger partial charge in [-0.1, -0.05) is 17.8 Å². The minimum absolute atomic E-state index is 0.000278. The standard InChI is InChI=1S/C5H8O2S/c1-5(7)8-4-2-3-6/h2,4,6H,3H2,1H3/b4-2+. The summed E-state index contributed by atoms with van der Waals surface area (Å²) in [5, 5.41) is 9.78. The Morgan fingerprint density at radius 1 is 1.88 bits per heavy atom. The fourth-order valence-corrected chi connectivity index (χ4v) is 0.561. The van der Waals surface area contributed by atoms with Gasteiger partial charge in [0.2, 0.25) is 0 Å². The molecule has 0 amide bonds. The summed E-state index contributed by atoms with van der Waals surface area (Å²) in [6.45, 7) is 1.48. The Bertz CT molecular complexity index is 98.6. The predicted molar refractivity (Wildman–Crippen MR) is 34.5 cm³/mol. The van der Waals surface area contributed by atoms with Crippen molar-refractivity contribution in [2.75, 3.05) is 6.61 Å². The van der Waals surface area contributed by atoms with E-state index >= 15 is 0 Å². The maximum Gasteiger partial charge on any atom is 0.190 e. The third-order valence-electron chi connectivity index (χ3n) is 0.436. The second-order valence-corrected chi connectivity index (χ2v) is 2.25. The van der Waals surface area contributed by atoms with Crippen LogP contribution in [0.1, 0.15) is 6.92 Å². The quantitative estimate of drug-likeness (QED) is 0.603. The summed E-state index contributed by atoms with van der Waals surface area (Å²) in [4.78, 5) is 10.1. The van der Waals surface area contributed by atoms with E-state index in [-0.39, 0.29) is 11.7 Å². The SMILES string of the molecule is CC(=O)S/C=C/CO. The lowest BCUT2D eigenvalue weighted by atomic mass is 10.7. The Labute approximate surface area is 52.6 Å². The van der Waals surface area contributed by atoms with E-state index in [1.807, 2.05) is 0 Å². The van der Waals surface area contributed by atoms with Gasteiger partial charge in [0, 0.05) is 6.92 Å². The molecule has 0 spiro atoms. The van der Waals surface area contributed by atoms with Gasteiger partial charge in [0.15, 0.2) is 5.12 Å². The van der Waals surface area contributed by atoms with E-state index in [0.717, 1.165) is 11.8 Å². The maximum atomic E-state index is 10.1. The Morgan fingerprint density at radius 2 is 2.50 bits per heavy atom. The summed E-state index contributed by atoms with van der Waals surface area (Å²) < 4.78 is 0. The highest BCUT2D eigenvalue weighted by Crippen LogP contribution is 2.00. The largest absolute Gasteiger partial charge is 0.392 e. The van der Waals surface area contributed by atoms with E-state index in [0.29, 0.717) is 0 Å². The second kappa shape index (κ2) is 4.87. The van der Waals surface area contributed by atoms with E-state index in [1.54, 1.807) is 5.41 Å².